The Morgan fingerprint density at radius 2 is 1.38 bits per heavy atom. The van der Waals surface area contributed by atoms with Gasteiger partial charge in [0, 0.05) is 23.6 Å². The van der Waals surface area contributed by atoms with Crippen molar-refractivity contribution in [1.29, 1.82) is 0 Å². The van der Waals surface area contributed by atoms with E-state index in [1.54, 1.807) is 24.3 Å². The topological polar surface area (TPSA) is 126 Å². The molecule has 24 heavy (non-hydrogen) atoms. The first-order valence-corrected chi connectivity index (χ1v) is 6.92. The maximum absolute atomic E-state index is 9.66. The number of phenols is 4. The van der Waals surface area contributed by atoms with Crippen molar-refractivity contribution in [3.05, 3.63) is 59.5 Å². The summed E-state index contributed by atoms with van der Waals surface area (Å²) >= 11 is 0. The number of aliphatic hydroxyl groups is 1. The molecule has 7 heteroatoms. The average molecular weight is 328 g/mol. The third-order valence-electron chi connectivity index (χ3n) is 3.01. The largest absolute Gasteiger partial charge is 0.509 e. The number of hydrogen-bond donors (Lipinski definition) is 5. The minimum Gasteiger partial charge on any atom is -0.509 e. The van der Waals surface area contributed by atoms with Crippen LogP contribution in [-0.4, -0.2) is 44.5 Å². The summed E-state index contributed by atoms with van der Waals surface area (Å²) in [4.78, 5) is 7.75. The van der Waals surface area contributed by atoms with Crippen molar-refractivity contribution >= 4 is 12.4 Å². The number of aliphatic imine (C=N–C) groups is 2. The van der Waals surface area contributed by atoms with E-state index < -0.39 is 0 Å². The fourth-order valence-electron chi connectivity index (χ4n) is 1.79. The number of benzene rings is 2. The zero-order chi connectivity index (χ0) is 17.5. The third kappa shape index (κ3) is 4.26. The molecule has 0 amide bonds. The molecule has 0 aliphatic rings. The van der Waals surface area contributed by atoms with E-state index in [1.165, 1.54) is 24.6 Å². The molecule has 0 saturated heterocycles. The van der Waals surface area contributed by atoms with Crippen molar-refractivity contribution < 1.29 is 25.5 Å². The maximum Gasteiger partial charge on any atom is 0.166 e. The van der Waals surface area contributed by atoms with Crippen LogP contribution in [0.4, 0.5) is 0 Å². The van der Waals surface area contributed by atoms with Crippen LogP contribution in [0, 0.1) is 0 Å². The summed E-state index contributed by atoms with van der Waals surface area (Å²) in [5, 5.41) is 47.5. The molecule has 124 valence electrons. The third-order valence-corrected chi connectivity index (χ3v) is 3.01. The summed E-state index contributed by atoms with van der Waals surface area (Å²) in [6.07, 6.45) is 3.73. The smallest absolute Gasteiger partial charge is 0.166 e. The highest BCUT2D eigenvalue weighted by Gasteiger charge is 2.03. The molecule has 0 heterocycles. The van der Waals surface area contributed by atoms with Gasteiger partial charge in [-0.15, -0.1) is 0 Å². The molecule has 0 unspecified atom stereocenters. The lowest BCUT2D eigenvalue weighted by Crippen LogP contribution is -1.89. The number of aromatic hydroxyl groups is 4. The van der Waals surface area contributed by atoms with Crippen molar-refractivity contribution in [2.45, 2.75) is 0 Å². The van der Waals surface area contributed by atoms with Crippen molar-refractivity contribution in [3.63, 3.8) is 0 Å². The molecule has 0 fully saturated rings. The number of aliphatic hydroxyl groups excluding tert-OH is 1. The van der Waals surface area contributed by atoms with Crippen molar-refractivity contribution in [2.75, 3.05) is 6.54 Å². The quantitative estimate of drug-likeness (QED) is 0.327. The van der Waals surface area contributed by atoms with Gasteiger partial charge in [0.2, 0.25) is 0 Å². The van der Waals surface area contributed by atoms with Crippen LogP contribution >= 0.6 is 0 Å². The fraction of sp³-hybridized carbons (Fsp3) is 0.0588. The van der Waals surface area contributed by atoms with Gasteiger partial charge in [0.1, 0.15) is 5.76 Å². The molecular formula is C17H16N2O5. The summed E-state index contributed by atoms with van der Waals surface area (Å²) in [6.45, 7) is -0.0849. The van der Waals surface area contributed by atoms with Crippen LogP contribution in [0.5, 0.6) is 23.0 Å². The number of hydrogen-bond acceptors (Lipinski definition) is 7. The molecule has 0 aromatic heterocycles. The van der Waals surface area contributed by atoms with Gasteiger partial charge in [-0.05, 0) is 24.3 Å². The Bertz CT molecular complexity index is 813. The summed E-state index contributed by atoms with van der Waals surface area (Å²) in [7, 11) is 0. The highest BCUT2D eigenvalue weighted by Crippen LogP contribution is 2.27. The molecule has 5 N–H and O–H groups in total. The molecule has 0 aliphatic heterocycles. The van der Waals surface area contributed by atoms with Crippen molar-refractivity contribution in [1.82, 2.24) is 0 Å². The van der Waals surface area contributed by atoms with Gasteiger partial charge in [-0.3, -0.25) is 9.98 Å². The average Bonchev–Trinajstić information content (AvgIpc) is 2.55. The van der Waals surface area contributed by atoms with Crippen LogP contribution in [0.3, 0.4) is 0 Å². The lowest BCUT2D eigenvalue weighted by atomic mass is 10.2. The van der Waals surface area contributed by atoms with Crippen LogP contribution in [0.25, 0.3) is 0 Å². The second kappa shape index (κ2) is 7.68. The van der Waals surface area contributed by atoms with Gasteiger partial charge < -0.3 is 25.5 Å². The lowest BCUT2D eigenvalue weighted by molar-refractivity contribution is 0.401. The molecule has 2 rings (SSSR count). The molecule has 0 radical (unpaired) electrons. The van der Waals surface area contributed by atoms with Gasteiger partial charge in [-0.2, -0.15) is 0 Å². The minimum atomic E-state index is -0.300. The molecule has 2 aromatic rings. The number of phenolic OH excluding ortho intramolecular Hbond substituents is 4. The Balaban J connectivity index is 1.99. The molecule has 0 bridgehead atoms. The van der Waals surface area contributed by atoms with E-state index in [-0.39, 0.29) is 35.3 Å². The Kier molecular flexibility index (Phi) is 5.40. The molecular weight excluding hydrogens is 312 g/mol. The van der Waals surface area contributed by atoms with Crippen LogP contribution in [0.1, 0.15) is 11.1 Å². The van der Waals surface area contributed by atoms with E-state index in [2.05, 4.69) is 9.98 Å². The minimum absolute atomic E-state index is 0.0849. The summed E-state index contributed by atoms with van der Waals surface area (Å²) in [6, 6.07) is 8.89. The van der Waals surface area contributed by atoms with E-state index in [1.807, 2.05) is 0 Å². The fourth-order valence-corrected chi connectivity index (χ4v) is 1.79. The monoisotopic (exact) mass is 328 g/mol. The molecule has 0 aliphatic carbocycles. The van der Waals surface area contributed by atoms with Crippen LogP contribution in [-0.2, 0) is 0 Å². The van der Waals surface area contributed by atoms with Gasteiger partial charge in [0.05, 0.1) is 12.7 Å². The first-order chi connectivity index (χ1) is 11.5. The van der Waals surface area contributed by atoms with Crippen LogP contribution in [0.2, 0.25) is 0 Å². The van der Waals surface area contributed by atoms with Crippen LogP contribution < -0.4 is 0 Å². The summed E-state index contributed by atoms with van der Waals surface area (Å²) in [5.41, 5.74) is 0.614. The van der Waals surface area contributed by atoms with E-state index in [4.69, 9.17) is 0 Å². The number of nitrogens with zero attached hydrogens (tertiary/aromatic N) is 2. The van der Waals surface area contributed by atoms with Gasteiger partial charge >= 0.3 is 0 Å². The first-order valence-electron chi connectivity index (χ1n) is 6.92. The zero-order valence-corrected chi connectivity index (χ0v) is 12.5. The summed E-state index contributed by atoms with van der Waals surface area (Å²) in [5.74, 6) is -1.26. The Labute approximate surface area is 137 Å². The first kappa shape index (κ1) is 16.9. The van der Waals surface area contributed by atoms with E-state index in [0.29, 0.717) is 11.1 Å². The zero-order valence-electron chi connectivity index (χ0n) is 12.5. The SMILES string of the molecule is O/C(=C\N=Cc1cccc(O)c1O)CN=Cc1cccc(O)c1O. The Morgan fingerprint density at radius 1 is 0.833 bits per heavy atom. The normalized spacial score (nSPS) is 12.2. The standard InChI is InChI=1S/C17H16N2O5/c20-13(9-18-7-11-3-1-5-14(21)16(11)23)10-19-8-12-4-2-6-15(22)17(12)24/h1-9,20-24H,10H2/b13-9-,18-7?,19-8?. The highest BCUT2D eigenvalue weighted by molar-refractivity contribution is 5.85. The lowest BCUT2D eigenvalue weighted by Gasteiger charge is -2.00. The molecule has 0 saturated carbocycles. The van der Waals surface area contributed by atoms with Gasteiger partial charge in [-0.1, -0.05) is 12.1 Å². The number of rotatable bonds is 5. The molecule has 2 aromatic carbocycles. The van der Waals surface area contributed by atoms with Crippen LogP contribution in [0.15, 0.2) is 58.3 Å². The Morgan fingerprint density at radius 3 is 1.96 bits per heavy atom. The predicted octanol–water partition coefficient (Wildman–Crippen LogP) is 2.45. The summed E-state index contributed by atoms with van der Waals surface area (Å²) < 4.78 is 0. The second-order valence-corrected chi connectivity index (χ2v) is 4.80. The van der Waals surface area contributed by atoms with Crippen molar-refractivity contribution in [3.8, 4) is 23.0 Å². The van der Waals surface area contributed by atoms with Gasteiger partial charge in [0.25, 0.3) is 0 Å². The van der Waals surface area contributed by atoms with Gasteiger partial charge in [-0.25, -0.2) is 0 Å². The van der Waals surface area contributed by atoms with Crippen molar-refractivity contribution in [2.24, 2.45) is 9.98 Å². The highest BCUT2D eigenvalue weighted by atomic mass is 16.3. The van der Waals surface area contributed by atoms with E-state index in [9.17, 15) is 25.5 Å². The number of para-hydroxylation sites is 2. The Hall–Kier alpha value is -3.48. The van der Waals surface area contributed by atoms with E-state index in [0.717, 1.165) is 6.20 Å². The van der Waals surface area contributed by atoms with E-state index >= 15 is 0 Å². The molecule has 0 atom stereocenters. The maximum atomic E-state index is 9.66. The molecule has 7 nitrogen and oxygen atoms in total. The predicted molar refractivity (Wildman–Crippen MR) is 90.3 cm³/mol. The second-order valence-electron chi connectivity index (χ2n) is 4.80. The van der Waals surface area contributed by atoms with Gasteiger partial charge in [0.15, 0.2) is 23.0 Å². The molecule has 0 spiro atoms.